The first-order valence-electron chi connectivity index (χ1n) is 19.7. The third kappa shape index (κ3) is 8.67. The summed E-state index contributed by atoms with van der Waals surface area (Å²) in [6.07, 6.45) is 2.93. The summed E-state index contributed by atoms with van der Waals surface area (Å²) in [5, 5.41) is 12.2. The number of rotatable bonds is 14. The summed E-state index contributed by atoms with van der Waals surface area (Å²) in [7, 11) is 1.25. The number of fused-ring (bicyclic) bond motifs is 1. The number of carbonyl (C=O) groups excluding carboxylic acids is 7. The topological polar surface area (TPSA) is 205 Å². The van der Waals surface area contributed by atoms with Crippen LogP contribution in [0, 0.1) is 5.41 Å². The average molecular weight is 874 g/mol. The fourth-order valence-electron chi connectivity index (χ4n) is 8.09. The zero-order valence-electron chi connectivity index (χ0n) is 35.2. The molecule has 3 amide bonds. The number of nitrogens with zero attached hydrogens (tertiary/aromatic N) is 4. The number of hydrogen-bond acceptors (Lipinski definition) is 13. The predicted molar refractivity (Wildman–Crippen MR) is 238 cm³/mol. The molecule has 7 rings (SSSR count). The highest BCUT2D eigenvalue weighted by molar-refractivity contribution is 7.99. The zero-order valence-corrected chi connectivity index (χ0v) is 36.0. The fraction of sp³-hybridized carbons (Fsp3) is 0.319. The van der Waals surface area contributed by atoms with Gasteiger partial charge in [-0.25, -0.2) is 4.79 Å². The maximum atomic E-state index is 13.9. The molecule has 15 nitrogen and oxygen atoms in total. The summed E-state index contributed by atoms with van der Waals surface area (Å²) in [5.41, 5.74) is 2.16. The van der Waals surface area contributed by atoms with Crippen molar-refractivity contribution in [3.63, 3.8) is 0 Å². The molecule has 0 saturated heterocycles. The Morgan fingerprint density at radius 3 is 2.29 bits per heavy atom. The molecule has 2 aromatic heterocycles. The monoisotopic (exact) mass is 873 g/mol. The minimum atomic E-state index is -0.971. The number of nitrogens with one attached hydrogen (secondary N) is 1. The molecule has 2 aliphatic rings. The molecular weight excluding hydrogens is 827 g/mol. The van der Waals surface area contributed by atoms with Crippen LogP contribution in [0.3, 0.4) is 0 Å². The summed E-state index contributed by atoms with van der Waals surface area (Å²) >= 11 is 1.21. The van der Waals surface area contributed by atoms with Crippen LogP contribution in [-0.4, -0.2) is 86.1 Å². The molecule has 16 heteroatoms. The Balaban J connectivity index is 0.00000661. The van der Waals surface area contributed by atoms with Gasteiger partial charge in [0.25, 0.3) is 11.8 Å². The number of thioether (sulfide) groups is 1. The van der Waals surface area contributed by atoms with E-state index < -0.39 is 40.0 Å². The molecule has 5 aromatic rings. The van der Waals surface area contributed by atoms with Crippen LogP contribution >= 0.6 is 11.8 Å². The van der Waals surface area contributed by atoms with Crippen LogP contribution in [0.15, 0.2) is 92.3 Å². The molecule has 0 spiro atoms. The lowest BCUT2D eigenvalue weighted by Crippen LogP contribution is -2.42. The van der Waals surface area contributed by atoms with Crippen LogP contribution < -0.4 is 10.9 Å². The van der Waals surface area contributed by atoms with Crippen LogP contribution in [0.25, 0.3) is 33.0 Å². The number of ketones is 3. The molecule has 3 heterocycles. The first kappa shape index (κ1) is 45.7. The summed E-state index contributed by atoms with van der Waals surface area (Å²) in [6, 6.07) is 14.9. The first-order chi connectivity index (χ1) is 29.4. The van der Waals surface area contributed by atoms with Crippen molar-refractivity contribution in [3.8, 4) is 11.3 Å². The van der Waals surface area contributed by atoms with Crippen molar-refractivity contribution in [1.82, 2.24) is 19.9 Å². The van der Waals surface area contributed by atoms with E-state index in [1.165, 1.54) is 23.6 Å². The van der Waals surface area contributed by atoms with Gasteiger partial charge in [0.2, 0.25) is 5.91 Å². The molecule has 1 aliphatic carbocycles. The van der Waals surface area contributed by atoms with E-state index in [4.69, 9.17) is 4.42 Å². The molecular formula is C47H47N5O10S. The Labute approximate surface area is 366 Å². The molecule has 1 unspecified atom stereocenters. The standard InChI is InChI=1S/C46H43N5O10S.CH4/c1-23-24(2)42(56)40(25(3)41(23)55)46(4,5)21-37(53)47-32-14-13-31-39-29(32)9-8-10-30(39)43(57)51(44(31)58)16-15-50-22-33(48-49-50)26-11-12-27-17-28(45(59)61-35(27)19-26)18-34(52)36(62-7)20-38(54)60-6;/h8-14,17,19,22,36H,15-16,18,20-21H2,1-7H3,(H,47,53);1H4. The van der Waals surface area contributed by atoms with Crippen LogP contribution in [0.4, 0.5) is 5.69 Å². The first-order valence-corrected chi connectivity index (χ1v) is 21.0. The van der Waals surface area contributed by atoms with Crippen molar-refractivity contribution in [1.29, 1.82) is 0 Å². The second kappa shape index (κ2) is 17.9. The predicted octanol–water partition coefficient (Wildman–Crippen LogP) is 6.70. The number of hydrogen-bond donors (Lipinski definition) is 1. The lowest BCUT2D eigenvalue weighted by Gasteiger charge is -2.31. The molecule has 63 heavy (non-hydrogen) atoms. The molecule has 0 saturated carbocycles. The lowest BCUT2D eigenvalue weighted by molar-refractivity contribution is -0.141. The zero-order chi connectivity index (χ0) is 44.8. The van der Waals surface area contributed by atoms with Crippen LogP contribution in [0.1, 0.15) is 81.2 Å². The summed E-state index contributed by atoms with van der Waals surface area (Å²) < 4.78 is 11.7. The summed E-state index contributed by atoms with van der Waals surface area (Å²) in [4.78, 5) is 106. The number of aromatic nitrogens is 3. The Bertz CT molecular complexity index is 2900. The Kier molecular flexibility index (Phi) is 13.0. The number of Topliss-reactive ketones (excluding diaryl/α,β-unsaturated/α-hetero) is 3. The van der Waals surface area contributed by atoms with Gasteiger partial charge in [0, 0.05) is 91.2 Å². The number of amides is 3. The van der Waals surface area contributed by atoms with Gasteiger partial charge in [-0.2, -0.15) is 11.8 Å². The quantitative estimate of drug-likeness (QED) is 0.0534. The molecule has 0 radical (unpaired) electrons. The number of carbonyl (C=O) groups is 7. The second-order valence-corrected chi connectivity index (χ2v) is 17.0. The second-order valence-electron chi connectivity index (χ2n) is 16.0. The van der Waals surface area contributed by atoms with Gasteiger partial charge >= 0.3 is 11.6 Å². The van der Waals surface area contributed by atoms with E-state index in [1.807, 2.05) is 0 Å². The Morgan fingerprint density at radius 2 is 1.59 bits per heavy atom. The van der Waals surface area contributed by atoms with E-state index in [9.17, 15) is 38.4 Å². The van der Waals surface area contributed by atoms with Gasteiger partial charge in [0.05, 0.1) is 31.5 Å². The van der Waals surface area contributed by atoms with E-state index in [0.717, 1.165) is 4.90 Å². The van der Waals surface area contributed by atoms with Crippen LogP contribution in [-0.2, 0) is 41.7 Å². The highest BCUT2D eigenvalue weighted by Crippen LogP contribution is 2.40. The van der Waals surface area contributed by atoms with Gasteiger partial charge in [-0.1, -0.05) is 50.8 Å². The van der Waals surface area contributed by atoms with Crippen molar-refractivity contribution in [2.24, 2.45) is 5.41 Å². The highest BCUT2D eigenvalue weighted by Gasteiger charge is 2.39. The minimum Gasteiger partial charge on any atom is -0.469 e. The van der Waals surface area contributed by atoms with Crippen molar-refractivity contribution in [2.45, 2.75) is 73.1 Å². The number of methoxy groups -OCH3 is 1. The van der Waals surface area contributed by atoms with Crippen LogP contribution in [0.2, 0.25) is 0 Å². The number of ether oxygens (including phenoxy) is 1. The normalized spacial score (nSPS) is 14.7. The third-order valence-corrected chi connectivity index (χ3v) is 12.5. The lowest BCUT2D eigenvalue weighted by atomic mass is 9.71. The van der Waals surface area contributed by atoms with Gasteiger partial charge in [-0.15, -0.1) is 5.10 Å². The number of anilines is 1. The average Bonchev–Trinajstić information content (AvgIpc) is 3.72. The number of esters is 1. The SMILES string of the molecule is C.COC(=O)CC(SC)C(=O)Cc1cc2ccc(-c3cn(CCN4C(=O)c5cccc6c(NC(=O)CC(C)(C)C7=C(C)C(=O)C(C)=C(C)C7=O)ccc(c56)C4=O)nn3)cc2oc1=O. The Hall–Kier alpha value is -6.81. The summed E-state index contributed by atoms with van der Waals surface area (Å²) in [5.74, 6) is -2.73. The van der Waals surface area contributed by atoms with E-state index in [0.29, 0.717) is 55.4 Å². The fourth-order valence-corrected chi connectivity index (χ4v) is 8.74. The largest absolute Gasteiger partial charge is 0.469 e. The minimum absolute atomic E-state index is 0. The van der Waals surface area contributed by atoms with Crippen molar-refractivity contribution in [2.75, 3.05) is 25.2 Å². The van der Waals surface area contributed by atoms with Crippen molar-refractivity contribution < 1.29 is 42.7 Å². The van der Waals surface area contributed by atoms with Crippen molar-refractivity contribution >= 4 is 80.2 Å². The van der Waals surface area contributed by atoms with Gasteiger partial charge in [0.15, 0.2) is 17.3 Å². The summed E-state index contributed by atoms with van der Waals surface area (Å²) in [6.45, 7) is 8.43. The molecule has 326 valence electrons. The van der Waals surface area contributed by atoms with Gasteiger partial charge < -0.3 is 14.5 Å². The van der Waals surface area contributed by atoms with Gasteiger partial charge in [-0.3, -0.25) is 43.1 Å². The van der Waals surface area contributed by atoms with E-state index in [-0.39, 0.29) is 79.4 Å². The number of allylic oxidation sites excluding steroid dienone is 4. The Morgan fingerprint density at radius 1 is 0.889 bits per heavy atom. The van der Waals surface area contributed by atoms with Crippen molar-refractivity contribution in [3.05, 3.63) is 110 Å². The van der Waals surface area contributed by atoms with E-state index in [2.05, 4.69) is 20.4 Å². The van der Waals surface area contributed by atoms with E-state index in [1.54, 1.807) is 102 Å². The smallest absolute Gasteiger partial charge is 0.339 e. The molecule has 0 fully saturated rings. The maximum Gasteiger partial charge on any atom is 0.339 e. The number of benzene rings is 3. The molecule has 0 bridgehead atoms. The molecule has 1 aliphatic heterocycles. The van der Waals surface area contributed by atoms with Gasteiger partial charge in [0.1, 0.15) is 11.3 Å². The maximum absolute atomic E-state index is 13.9. The molecule has 1 N–H and O–H groups in total. The third-order valence-electron chi connectivity index (χ3n) is 11.5. The van der Waals surface area contributed by atoms with E-state index >= 15 is 0 Å². The highest BCUT2D eigenvalue weighted by atomic mass is 32.2. The number of imide groups is 1. The molecule has 1 atom stereocenters. The molecule has 3 aromatic carbocycles. The van der Waals surface area contributed by atoms with Crippen LogP contribution in [0.5, 0.6) is 0 Å². The van der Waals surface area contributed by atoms with Gasteiger partial charge in [-0.05, 0) is 57.4 Å².